The summed E-state index contributed by atoms with van der Waals surface area (Å²) in [5, 5.41) is 15.4. The van der Waals surface area contributed by atoms with Crippen molar-refractivity contribution < 1.29 is 5.11 Å². The van der Waals surface area contributed by atoms with E-state index in [1.54, 1.807) is 11.3 Å². The first-order chi connectivity index (χ1) is 8.75. The molecule has 3 rings (SSSR count). The average molecular weight is 255 g/mol. The molecule has 1 N–H and O–H groups in total. The smallest absolute Gasteiger partial charge is 0.122 e. The number of hydrogen-bond donors (Lipinski definition) is 1. The van der Waals surface area contributed by atoms with Gasteiger partial charge < -0.3 is 5.11 Å². The van der Waals surface area contributed by atoms with Crippen LogP contribution in [0.5, 0.6) is 0 Å². The summed E-state index contributed by atoms with van der Waals surface area (Å²) in [5.41, 5.74) is 3.69. The van der Waals surface area contributed by atoms with Gasteiger partial charge in [-0.2, -0.15) is 11.3 Å². The summed E-state index contributed by atoms with van der Waals surface area (Å²) >= 11 is 1.58. The average Bonchev–Trinajstić information content (AvgIpc) is 2.91. The van der Waals surface area contributed by atoms with E-state index in [1.807, 2.05) is 48.0 Å². The van der Waals surface area contributed by atoms with Gasteiger partial charge in [-0.25, -0.2) is 4.98 Å². The van der Waals surface area contributed by atoms with Crippen molar-refractivity contribution in [3.8, 4) is 0 Å². The van der Waals surface area contributed by atoms with Crippen LogP contribution in [0.15, 0.2) is 47.2 Å². The highest BCUT2D eigenvalue weighted by molar-refractivity contribution is 7.07. The molecule has 2 aromatic heterocycles. The highest BCUT2D eigenvalue weighted by Gasteiger charge is 2.13. The van der Waals surface area contributed by atoms with Gasteiger partial charge in [-0.05, 0) is 47.0 Å². The summed E-state index contributed by atoms with van der Waals surface area (Å²) in [7, 11) is 0. The zero-order valence-corrected chi connectivity index (χ0v) is 10.8. The largest absolute Gasteiger partial charge is 0.382 e. The van der Waals surface area contributed by atoms with Crippen LogP contribution in [-0.2, 0) is 0 Å². The fourth-order valence-electron chi connectivity index (χ4n) is 2.12. The number of nitrogens with zero attached hydrogens (tertiary/aromatic N) is 1. The van der Waals surface area contributed by atoms with E-state index in [0.29, 0.717) is 5.69 Å². The monoisotopic (exact) mass is 255 g/mol. The third-order valence-electron chi connectivity index (χ3n) is 3.08. The standard InChI is InChI=1S/C15H13NOS/c1-10-8-14(15(17)11-6-7-18-9-11)16-13-5-3-2-4-12(10)13/h2-9,15,17H,1H3. The number of aromatic nitrogens is 1. The first-order valence-electron chi connectivity index (χ1n) is 5.82. The van der Waals surface area contributed by atoms with E-state index in [9.17, 15) is 5.11 Å². The van der Waals surface area contributed by atoms with Crippen LogP contribution in [0.4, 0.5) is 0 Å². The molecule has 90 valence electrons. The molecule has 0 amide bonds. The van der Waals surface area contributed by atoms with Crippen molar-refractivity contribution in [2.45, 2.75) is 13.0 Å². The molecular weight excluding hydrogens is 242 g/mol. The maximum Gasteiger partial charge on any atom is 0.122 e. The van der Waals surface area contributed by atoms with Crippen LogP contribution in [-0.4, -0.2) is 10.1 Å². The molecule has 0 spiro atoms. The first-order valence-corrected chi connectivity index (χ1v) is 6.76. The van der Waals surface area contributed by atoms with Crippen molar-refractivity contribution >= 4 is 22.2 Å². The molecule has 0 fully saturated rings. The van der Waals surface area contributed by atoms with E-state index in [1.165, 1.54) is 0 Å². The van der Waals surface area contributed by atoms with Crippen molar-refractivity contribution in [1.29, 1.82) is 0 Å². The Kier molecular flexibility index (Phi) is 2.86. The van der Waals surface area contributed by atoms with Gasteiger partial charge in [0.1, 0.15) is 6.10 Å². The zero-order chi connectivity index (χ0) is 12.5. The molecule has 1 aromatic carbocycles. The molecule has 3 heteroatoms. The number of hydrogen-bond acceptors (Lipinski definition) is 3. The van der Waals surface area contributed by atoms with E-state index in [0.717, 1.165) is 22.0 Å². The maximum atomic E-state index is 10.3. The number of aliphatic hydroxyl groups excluding tert-OH is 1. The molecule has 0 saturated carbocycles. The van der Waals surface area contributed by atoms with Crippen LogP contribution in [0, 0.1) is 6.92 Å². The summed E-state index contributed by atoms with van der Waals surface area (Å²) in [5.74, 6) is 0. The van der Waals surface area contributed by atoms with Gasteiger partial charge in [-0.1, -0.05) is 18.2 Å². The minimum absolute atomic E-state index is 0.639. The number of aryl methyl sites for hydroxylation is 1. The molecule has 0 aliphatic rings. The highest BCUT2D eigenvalue weighted by atomic mass is 32.1. The van der Waals surface area contributed by atoms with Gasteiger partial charge in [-0.15, -0.1) is 0 Å². The Hall–Kier alpha value is -1.71. The van der Waals surface area contributed by atoms with Crippen molar-refractivity contribution in [3.63, 3.8) is 0 Å². The van der Waals surface area contributed by atoms with Crippen LogP contribution >= 0.6 is 11.3 Å². The van der Waals surface area contributed by atoms with Gasteiger partial charge in [0, 0.05) is 5.39 Å². The molecule has 18 heavy (non-hydrogen) atoms. The lowest BCUT2D eigenvalue weighted by atomic mass is 10.0. The molecule has 0 aliphatic heterocycles. The fraction of sp³-hybridized carbons (Fsp3) is 0.133. The van der Waals surface area contributed by atoms with Gasteiger partial charge in [0.2, 0.25) is 0 Å². The molecule has 3 aromatic rings. The van der Waals surface area contributed by atoms with Crippen LogP contribution in [0.1, 0.15) is 22.9 Å². The lowest BCUT2D eigenvalue weighted by molar-refractivity contribution is 0.216. The lowest BCUT2D eigenvalue weighted by Crippen LogP contribution is -2.02. The predicted octanol–water partition coefficient (Wildman–Crippen LogP) is 3.69. The van der Waals surface area contributed by atoms with Crippen molar-refractivity contribution in [2.75, 3.05) is 0 Å². The molecule has 0 saturated heterocycles. The number of aliphatic hydroxyl groups is 1. The van der Waals surface area contributed by atoms with Gasteiger partial charge in [0.25, 0.3) is 0 Å². The Morgan fingerprint density at radius 2 is 2.06 bits per heavy atom. The topological polar surface area (TPSA) is 33.1 Å². The Labute approximate surface area is 110 Å². The Morgan fingerprint density at radius 3 is 2.83 bits per heavy atom. The predicted molar refractivity (Wildman–Crippen MR) is 74.9 cm³/mol. The third-order valence-corrected chi connectivity index (χ3v) is 3.78. The van der Waals surface area contributed by atoms with Crippen LogP contribution in [0.3, 0.4) is 0 Å². The minimum Gasteiger partial charge on any atom is -0.382 e. The number of pyridine rings is 1. The number of para-hydroxylation sites is 1. The first kappa shape index (κ1) is 11.4. The second-order valence-electron chi connectivity index (χ2n) is 4.34. The fourth-order valence-corrected chi connectivity index (χ4v) is 2.80. The molecule has 0 aliphatic carbocycles. The van der Waals surface area contributed by atoms with E-state index < -0.39 is 6.10 Å². The number of thiophene rings is 1. The van der Waals surface area contributed by atoms with Gasteiger partial charge in [0.05, 0.1) is 11.2 Å². The molecule has 0 radical (unpaired) electrons. The van der Waals surface area contributed by atoms with E-state index >= 15 is 0 Å². The lowest BCUT2D eigenvalue weighted by Gasteiger charge is -2.11. The van der Waals surface area contributed by atoms with E-state index in [2.05, 4.69) is 11.1 Å². The van der Waals surface area contributed by atoms with E-state index in [-0.39, 0.29) is 0 Å². The summed E-state index contributed by atoms with van der Waals surface area (Å²) in [6.07, 6.45) is -0.639. The van der Waals surface area contributed by atoms with Crippen LogP contribution in [0.2, 0.25) is 0 Å². The summed E-state index contributed by atoms with van der Waals surface area (Å²) in [6.45, 7) is 2.05. The SMILES string of the molecule is Cc1cc(C(O)c2ccsc2)nc2ccccc12. The van der Waals surface area contributed by atoms with Crippen LogP contribution in [0.25, 0.3) is 10.9 Å². The number of benzene rings is 1. The van der Waals surface area contributed by atoms with Gasteiger partial charge in [-0.3, -0.25) is 0 Å². The summed E-state index contributed by atoms with van der Waals surface area (Å²) < 4.78 is 0. The second kappa shape index (κ2) is 4.52. The molecule has 1 atom stereocenters. The Bertz CT molecular complexity index is 676. The Balaban J connectivity index is 2.13. The third kappa shape index (κ3) is 1.92. The molecule has 1 unspecified atom stereocenters. The zero-order valence-electron chi connectivity index (χ0n) is 10.00. The number of rotatable bonds is 2. The summed E-state index contributed by atoms with van der Waals surface area (Å²) in [4.78, 5) is 4.55. The van der Waals surface area contributed by atoms with Gasteiger partial charge >= 0.3 is 0 Å². The normalized spacial score (nSPS) is 12.8. The Morgan fingerprint density at radius 1 is 1.22 bits per heavy atom. The summed E-state index contributed by atoms with van der Waals surface area (Å²) in [6, 6.07) is 11.9. The molecule has 2 nitrogen and oxygen atoms in total. The second-order valence-corrected chi connectivity index (χ2v) is 5.12. The molecule has 0 bridgehead atoms. The molecule has 2 heterocycles. The van der Waals surface area contributed by atoms with Gasteiger partial charge in [0.15, 0.2) is 0 Å². The highest BCUT2D eigenvalue weighted by Crippen LogP contribution is 2.26. The van der Waals surface area contributed by atoms with Crippen molar-refractivity contribution in [1.82, 2.24) is 4.98 Å². The minimum atomic E-state index is -0.639. The maximum absolute atomic E-state index is 10.3. The van der Waals surface area contributed by atoms with Crippen molar-refractivity contribution in [2.24, 2.45) is 0 Å². The quantitative estimate of drug-likeness (QED) is 0.757. The van der Waals surface area contributed by atoms with Crippen molar-refractivity contribution in [3.05, 3.63) is 64.0 Å². The number of fused-ring (bicyclic) bond motifs is 1. The molecular formula is C15H13NOS. The van der Waals surface area contributed by atoms with E-state index in [4.69, 9.17) is 0 Å². The van der Waals surface area contributed by atoms with Crippen LogP contribution < -0.4 is 0 Å².